The third-order valence-corrected chi connectivity index (χ3v) is 1.05. The van der Waals surface area contributed by atoms with Crippen LogP contribution in [0.25, 0.3) is 0 Å². The molecular formula is C6H11NO5. The number of rotatable bonds is 4. The summed E-state index contributed by atoms with van der Waals surface area (Å²) in [7, 11) is 0. The minimum absolute atomic E-state index is 0. The number of carboxylic acids is 2. The minimum atomic E-state index is -1.35. The molecule has 1 atom stereocenters. The first-order chi connectivity index (χ1) is 5.43. The van der Waals surface area contributed by atoms with E-state index in [4.69, 9.17) is 10.2 Å². The molecule has 1 amide bonds. The van der Waals surface area contributed by atoms with Gasteiger partial charge in [-0.15, -0.1) is 0 Å². The van der Waals surface area contributed by atoms with Crippen LogP contribution < -0.4 is 5.32 Å². The zero-order valence-corrected chi connectivity index (χ0v) is 6.40. The summed E-state index contributed by atoms with van der Waals surface area (Å²) in [5.74, 6) is -3.19. The van der Waals surface area contributed by atoms with E-state index in [0.717, 1.165) is 6.92 Å². The summed E-state index contributed by atoms with van der Waals surface area (Å²) in [6.45, 7) is 1.12. The Morgan fingerprint density at radius 2 is 1.92 bits per heavy atom. The van der Waals surface area contributed by atoms with Gasteiger partial charge in [0.05, 0.1) is 6.42 Å². The highest BCUT2D eigenvalue weighted by Crippen LogP contribution is 1.91. The molecule has 0 aliphatic heterocycles. The van der Waals surface area contributed by atoms with Crippen molar-refractivity contribution in [2.75, 3.05) is 0 Å². The fourth-order valence-electron chi connectivity index (χ4n) is 0.620. The number of carbonyl (C=O) groups excluding carboxylic acids is 1. The summed E-state index contributed by atoms with van der Waals surface area (Å²) in [6, 6.07) is -1.35. The summed E-state index contributed by atoms with van der Waals surface area (Å²) in [5.41, 5.74) is 0. The first-order valence-electron chi connectivity index (χ1n) is 3.15. The second-order valence-corrected chi connectivity index (χ2v) is 2.19. The van der Waals surface area contributed by atoms with Crippen LogP contribution in [0.4, 0.5) is 0 Å². The van der Waals surface area contributed by atoms with Gasteiger partial charge in [-0.1, -0.05) is 0 Å². The average molecular weight is 178 g/mol. The second kappa shape index (κ2) is 4.32. The minimum Gasteiger partial charge on any atom is -0.481 e. The summed E-state index contributed by atoms with van der Waals surface area (Å²) >= 11 is 0. The van der Waals surface area contributed by atoms with E-state index in [0.29, 0.717) is 0 Å². The Bertz CT molecular complexity index is 201. The molecule has 6 heteroatoms. The lowest BCUT2D eigenvalue weighted by Gasteiger charge is -2.09. The molecular weight excluding hydrogens is 166 g/mol. The first-order valence-corrected chi connectivity index (χ1v) is 3.15. The fraction of sp³-hybridized carbons (Fsp3) is 0.500. The van der Waals surface area contributed by atoms with E-state index < -0.39 is 30.3 Å². The summed E-state index contributed by atoms with van der Waals surface area (Å²) in [4.78, 5) is 30.7. The number of aliphatic carboxylic acids is 2. The van der Waals surface area contributed by atoms with Crippen LogP contribution in [0.15, 0.2) is 0 Å². The van der Waals surface area contributed by atoms with Gasteiger partial charge in [0.25, 0.3) is 0 Å². The second-order valence-electron chi connectivity index (χ2n) is 2.19. The fourth-order valence-corrected chi connectivity index (χ4v) is 0.620. The molecule has 0 radical (unpaired) electrons. The van der Waals surface area contributed by atoms with E-state index in [1.807, 2.05) is 5.32 Å². The van der Waals surface area contributed by atoms with Crippen LogP contribution in [0.2, 0.25) is 0 Å². The van der Waals surface area contributed by atoms with Gasteiger partial charge in [-0.25, -0.2) is 4.79 Å². The smallest absolute Gasteiger partial charge is 0.326 e. The SMILES string of the molecule is CC(=O)NC(CC(=O)O)C(=O)O.[2HH]. The Morgan fingerprint density at radius 1 is 1.42 bits per heavy atom. The van der Waals surface area contributed by atoms with Crippen molar-refractivity contribution in [3.63, 3.8) is 0 Å². The normalized spacial score (nSPS) is 11.8. The van der Waals surface area contributed by atoms with Gasteiger partial charge in [-0.2, -0.15) is 0 Å². The Morgan fingerprint density at radius 3 is 2.17 bits per heavy atom. The Labute approximate surface area is 69.7 Å². The molecule has 0 rings (SSSR count). The zero-order valence-electron chi connectivity index (χ0n) is 6.40. The quantitative estimate of drug-likeness (QED) is 0.528. The van der Waals surface area contributed by atoms with E-state index in [2.05, 4.69) is 0 Å². The predicted octanol–water partition coefficient (Wildman–Crippen LogP) is -0.704. The summed E-state index contributed by atoms with van der Waals surface area (Å²) < 4.78 is 0. The van der Waals surface area contributed by atoms with Crippen LogP contribution in [-0.4, -0.2) is 34.1 Å². The Hall–Kier alpha value is -1.59. The van der Waals surface area contributed by atoms with Crippen molar-refractivity contribution in [3.05, 3.63) is 0 Å². The molecule has 0 aromatic carbocycles. The van der Waals surface area contributed by atoms with Crippen LogP contribution in [0.1, 0.15) is 14.8 Å². The van der Waals surface area contributed by atoms with Gasteiger partial charge in [0, 0.05) is 8.35 Å². The molecule has 0 aromatic rings. The molecule has 0 aliphatic rings. The van der Waals surface area contributed by atoms with E-state index in [9.17, 15) is 14.4 Å². The lowest BCUT2D eigenvalue weighted by Crippen LogP contribution is -2.41. The Balaban J connectivity index is 0. The van der Waals surface area contributed by atoms with E-state index in [1.165, 1.54) is 0 Å². The van der Waals surface area contributed by atoms with Gasteiger partial charge < -0.3 is 15.5 Å². The Kier molecular flexibility index (Phi) is 3.75. The molecule has 0 bridgehead atoms. The highest BCUT2D eigenvalue weighted by atomic mass is 16.4. The molecule has 6 nitrogen and oxygen atoms in total. The van der Waals surface area contributed by atoms with Crippen molar-refractivity contribution in [3.8, 4) is 0 Å². The van der Waals surface area contributed by atoms with E-state index in [-0.39, 0.29) is 1.43 Å². The van der Waals surface area contributed by atoms with Crippen LogP contribution in [-0.2, 0) is 14.4 Å². The maximum absolute atomic E-state index is 10.4. The highest BCUT2D eigenvalue weighted by molar-refractivity contribution is 5.85. The molecule has 0 saturated carbocycles. The molecule has 12 heavy (non-hydrogen) atoms. The number of amides is 1. The number of carbonyl (C=O) groups is 3. The largest absolute Gasteiger partial charge is 0.481 e. The number of hydrogen-bond donors (Lipinski definition) is 3. The topological polar surface area (TPSA) is 104 Å². The maximum Gasteiger partial charge on any atom is 0.326 e. The number of hydrogen-bond acceptors (Lipinski definition) is 3. The van der Waals surface area contributed by atoms with E-state index >= 15 is 0 Å². The van der Waals surface area contributed by atoms with Crippen molar-refractivity contribution >= 4 is 17.8 Å². The van der Waals surface area contributed by atoms with Crippen molar-refractivity contribution in [2.24, 2.45) is 0 Å². The first kappa shape index (κ1) is 10.4. The molecule has 0 aliphatic carbocycles. The maximum atomic E-state index is 10.4. The number of nitrogens with one attached hydrogen (secondary N) is 1. The average Bonchev–Trinajstić information content (AvgIpc) is 1.83. The van der Waals surface area contributed by atoms with Gasteiger partial charge in [0.15, 0.2) is 0 Å². The highest BCUT2D eigenvalue weighted by Gasteiger charge is 2.21. The molecule has 3 N–H and O–H groups in total. The predicted molar refractivity (Wildman–Crippen MR) is 39.6 cm³/mol. The van der Waals surface area contributed by atoms with Crippen LogP contribution >= 0.6 is 0 Å². The van der Waals surface area contributed by atoms with Gasteiger partial charge in [-0.3, -0.25) is 9.59 Å². The molecule has 0 heterocycles. The van der Waals surface area contributed by atoms with Crippen molar-refractivity contribution in [1.29, 1.82) is 0 Å². The van der Waals surface area contributed by atoms with Crippen LogP contribution in [0.3, 0.4) is 0 Å². The van der Waals surface area contributed by atoms with Gasteiger partial charge in [0.1, 0.15) is 6.04 Å². The molecule has 0 spiro atoms. The van der Waals surface area contributed by atoms with Crippen LogP contribution in [0.5, 0.6) is 0 Å². The molecule has 70 valence electrons. The van der Waals surface area contributed by atoms with Crippen molar-refractivity contribution in [2.45, 2.75) is 19.4 Å². The molecule has 1 unspecified atom stereocenters. The van der Waals surface area contributed by atoms with Crippen LogP contribution in [0, 0.1) is 0 Å². The molecule has 0 saturated heterocycles. The van der Waals surface area contributed by atoms with Gasteiger partial charge in [0.2, 0.25) is 5.91 Å². The number of carboxylic acid groups (broad SMARTS) is 2. The third-order valence-electron chi connectivity index (χ3n) is 1.05. The summed E-state index contributed by atoms with van der Waals surface area (Å²) in [6.07, 6.45) is -0.616. The van der Waals surface area contributed by atoms with Crippen molar-refractivity contribution < 1.29 is 26.0 Å². The molecule has 0 aromatic heterocycles. The third kappa shape index (κ3) is 4.26. The van der Waals surface area contributed by atoms with Gasteiger partial charge >= 0.3 is 11.9 Å². The zero-order chi connectivity index (χ0) is 9.72. The molecule has 0 fully saturated rings. The van der Waals surface area contributed by atoms with Gasteiger partial charge in [-0.05, 0) is 0 Å². The lowest BCUT2D eigenvalue weighted by atomic mass is 10.2. The standard InChI is InChI=1S/C6H9NO5.H2/c1-3(8)7-4(6(11)12)2-5(9)10;/h4H,2H2,1H3,(H,7,8)(H,9,10)(H,11,12);1H/i;1+1. The van der Waals surface area contributed by atoms with Crippen molar-refractivity contribution in [1.82, 2.24) is 5.32 Å². The summed E-state index contributed by atoms with van der Waals surface area (Å²) in [5, 5.41) is 18.6. The lowest BCUT2D eigenvalue weighted by molar-refractivity contribution is -0.147. The monoisotopic (exact) mass is 178 g/mol. The van der Waals surface area contributed by atoms with E-state index in [1.54, 1.807) is 0 Å².